The van der Waals surface area contributed by atoms with E-state index < -0.39 is 5.97 Å². The van der Waals surface area contributed by atoms with E-state index in [1.165, 1.54) is 6.20 Å². The number of likely N-dealkylation sites (tertiary alicyclic amines) is 1. The molecule has 1 amide bonds. The molecule has 3 rings (SSSR count). The molecule has 2 aromatic rings. The van der Waals surface area contributed by atoms with Gasteiger partial charge >= 0.3 is 5.97 Å². The Morgan fingerprint density at radius 1 is 1.20 bits per heavy atom. The van der Waals surface area contributed by atoms with E-state index in [0.29, 0.717) is 23.7 Å². The molecule has 0 atom stereocenters. The fourth-order valence-corrected chi connectivity index (χ4v) is 3.40. The maximum atomic E-state index is 12.8. The lowest BCUT2D eigenvalue weighted by Gasteiger charge is -2.32. The molecule has 1 fully saturated rings. The Labute approximate surface area is 151 Å². The lowest BCUT2D eigenvalue weighted by molar-refractivity contribution is 0.0688. The monoisotopic (exact) mass is 361 g/mol. The van der Waals surface area contributed by atoms with Crippen LogP contribution < -0.4 is 0 Å². The third-order valence-corrected chi connectivity index (χ3v) is 5.10. The third-order valence-electron chi connectivity index (χ3n) is 4.79. The molecule has 1 aromatic heterocycles. The Balaban J connectivity index is 1.68. The van der Waals surface area contributed by atoms with Crippen LogP contribution in [0, 0.1) is 13.8 Å². The number of hydrogen-bond acceptors (Lipinski definition) is 3. The van der Waals surface area contributed by atoms with Gasteiger partial charge in [0.15, 0.2) is 0 Å². The molecule has 6 nitrogen and oxygen atoms in total. The molecule has 1 N–H and O–H groups in total. The van der Waals surface area contributed by atoms with Crippen LogP contribution in [-0.4, -0.2) is 44.8 Å². The summed E-state index contributed by atoms with van der Waals surface area (Å²) >= 11 is 6.26. The van der Waals surface area contributed by atoms with Gasteiger partial charge < -0.3 is 10.0 Å². The molecule has 1 saturated heterocycles. The van der Waals surface area contributed by atoms with Crippen molar-refractivity contribution in [3.05, 3.63) is 51.8 Å². The van der Waals surface area contributed by atoms with Crippen molar-refractivity contribution in [1.29, 1.82) is 0 Å². The highest BCUT2D eigenvalue weighted by molar-refractivity contribution is 6.34. The minimum absolute atomic E-state index is 0.0572. The number of amides is 1. The van der Waals surface area contributed by atoms with Gasteiger partial charge in [-0.2, -0.15) is 5.10 Å². The molecular weight excluding hydrogens is 342 g/mol. The van der Waals surface area contributed by atoms with Gasteiger partial charge in [0.25, 0.3) is 5.91 Å². The van der Waals surface area contributed by atoms with Crippen LogP contribution in [0.1, 0.15) is 50.7 Å². The fraction of sp³-hybridized carbons (Fsp3) is 0.389. The van der Waals surface area contributed by atoms with E-state index in [0.717, 1.165) is 24.0 Å². The highest BCUT2D eigenvalue weighted by Crippen LogP contribution is 2.26. The van der Waals surface area contributed by atoms with Crippen molar-refractivity contribution >= 4 is 23.5 Å². The lowest BCUT2D eigenvalue weighted by Crippen LogP contribution is -2.39. The minimum atomic E-state index is -0.983. The number of halogens is 1. The Hall–Kier alpha value is -2.34. The average Bonchev–Trinajstić information content (AvgIpc) is 3.08. The molecule has 0 bridgehead atoms. The van der Waals surface area contributed by atoms with Crippen LogP contribution in [0.4, 0.5) is 0 Å². The standard InChI is InChI=1S/C18H20ClN3O3/c1-11-7-15(16(19)8-12(11)2)17(23)21-5-3-14(4-6-21)22-10-13(9-20-22)18(24)25/h7-10,14H,3-6H2,1-2H3,(H,24,25). The first-order valence-electron chi connectivity index (χ1n) is 8.20. The Morgan fingerprint density at radius 2 is 1.84 bits per heavy atom. The van der Waals surface area contributed by atoms with Crippen LogP contribution in [0.5, 0.6) is 0 Å². The number of carbonyl (C=O) groups is 2. The average molecular weight is 362 g/mol. The van der Waals surface area contributed by atoms with Gasteiger partial charge in [0, 0.05) is 19.3 Å². The minimum Gasteiger partial charge on any atom is -0.478 e. The van der Waals surface area contributed by atoms with Gasteiger partial charge in [-0.25, -0.2) is 4.79 Å². The summed E-state index contributed by atoms with van der Waals surface area (Å²) < 4.78 is 1.69. The van der Waals surface area contributed by atoms with E-state index in [-0.39, 0.29) is 17.5 Å². The quantitative estimate of drug-likeness (QED) is 0.909. The second-order valence-corrected chi connectivity index (χ2v) is 6.86. The molecule has 7 heteroatoms. The molecule has 1 aromatic carbocycles. The number of rotatable bonds is 3. The number of benzene rings is 1. The summed E-state index contributed by atoms with van der Waals surface area (Å²) in [6.45, 7) is 5.12. The molecule has 0 radical (unpaired) electrons. The molecule has 0 spiro atoms. The fourth-order valence-electron chi connectivity index (χ4n) is 3.10. The van der Waals surface area contributed by atoms with Crippen molar-refractivity contribution in [2.75, 3.05) is 13.1 Å². The van der Waals surface area contributed by atoms with Crippen molar-refractivity contribution in [3.8, 4) is 0 Å². The zero-order chi connectivity index (χ0) is 18.1. The molecule has 0 saturated carbocycles. The van der Waals surface area contributed by atoms with E-state index in [1.54, 1.807) is 15.8 Å². The van der Waals surface area contributed by atoms with Gasteiger partial charge in [-0.3, -0.25) is 9.48 Å². The van der Waals surface area contributed by atoms with E-state index in [2.05, 4.69) is 5.10 Å². The van der Waals surface area contributed by atoms with E-state index in [9.17, 15) is 9.59 Å². The highest BCUT2D eigenvalue weighted by Gasteiger charge is 2.26. The van der Waals surface area contributed by atoms with Crippen molar-refractivity contribution < 1.29 is 14.7 Å². The topological polar surface area (TPSA) is 75.4 Å². The number of hydrogen-bond donors (Lipinski definition) is 1. The first-order valence-corrected chi connectivity index (χ1v) is 8.58. The summed E-state index contributed by atoms with van der Waals surface area (Å²) in [5.74, 6) is -1.04. The second kappa shape index (κ2) is 6.88. The zero-order valence-electron chi connectivity index (χ0n) is 14.2. The molecule has 25 heavy (non-hydrogen) atoms. The summed E-state index contributed by atoms with van der Waals surface area (Å²) in [6.07, 6.45) is 4.36. The summed E-state index contributed by atoms with van der Waals surface area (Å²) in [7, 11) is 0. The van der Waals surface area contributed by atoms with Crippen LogP contribution in [0.3, 0.4) is 0 Å². The Bertz CT molecular complexity index is 823. The SMILES string of the molecule is Cc1cc(Cl)c(C(=O)N2CCC(n3cc(C(=O)O)cn3)CC2)cc1C. The molecule has 1 aliphatic heterocycles. The first-order chi connectivity index (χ1) is 11.9. The molecule has 132 valence electrons. The highest BCUT2D eigenvalue weighted by atomic mass is 35.5. The maximum Gasteiger partial charge on any atom is 0.338 e. The molecule has 0 unspecified atom stereocenters. The molecule has 2 heterocycles. The molecule has 0 aliphatic carbocycles. The summed E-state index contributed by atoms with van der Waals surface area (Å²) in [6, 6.07) is 3.78. The van der Waals surface area contributed by atoms with Crippen molar-refractivity contribution in [2.45, 2.75) is 32.7 Å². The van der Waals surface area contributed by atoms with Crippen LogP contribution in [0.2, 0.25) is 5.02 Å². The number of carbonyl (C=O) groups excluding carboxylic acids is 1. The van der Waals surface area contributed by atoms with Crippen LogP contribution in [-0.2, 0) is 0 Å². The van der Waals surface area contributed by atoms with E-state index in [1.807, 2.05) is 26.0 Å². The normalized spacial score (nSPS) is 15.4. The summed E-state index contributed by atoms with van der Waals surface area (Å²) in [5.41, 5.74) is 2.82. The number of aromatic carboxylic acids is 1. The van der Waals surface area contributed by atoms with E-state index >= 15 is 0 Å². The first kappa shape index (κ1) is 17.5. The number of carboxylic acids is 1. The number of carboxylic acid groups (broad SMARTS) is 1. The van der Waals surface area contributed by atoms with Gasteiger partial charge in [0.05, 0.1) is 28.4 Å². The van der Waals surface area contributed by atoms with Crippen LogP contribution in [0.15, 0.2) is 24.5 Å². The van der Waals surface area contributed by atoms with Crippen molar-refractivity contribution in [2.24, 2.45) is 0 Å². The molecular formula is C18H20ClN3O3. The number of piperidine rings is 1. The third kappa shape index (κ3) is 3.54. The second-order valence-electron chi connectivity index (χ2n) is 6.45. The van der Waals surface area contributed by atoms with Gasteiger partial charge in [0.1, 0.15) is 0 Å². The zero-order valence-corrected chi connectivity index (χ0v) is 15.0. The Morgan fingerprint density at radius 3 is 2.44 bits per heavy atom. The Kier molecular flexibility index (Phi) is 4.81. The maximum absolute atomic E-state index is 12.8. The summed E-state index contributed by atoms with van der Waals surface area (Å²) in [5, 5.41) is 13.6. The van der Waals surface area contributed by atoms with Crippen LogP contribution >= 0.6 is 11.6 Å². The smallest absolute Gasteiger partial charge is 0.338 e. The van der Waals surface area contributed by atoms with Gasteiger partial charge in [-0.15, -0.1) is 0 Å². The number of nitrogens with zero attached hydrogens (tertiary/aromatic N) is 3. The van der Waals surface area contributed by atoms with Crippen LogP contribution in [0.25, 0.3) is 0 Å². The van der Waals surface area contributed by atoms with Crippen molar-refractivity contribution in [1.82, 2.24) is 14.7 Å². The number of aromatic nitrogens is 2. The van der Waals surface area contributed by atoms with Crippen molar-refractivity contribution in [3.63, 3.8) is 0 Å². The lowest BCUT2D eigenvalue weighted by atomic mass is 10.0. The number of aryl methyl sites for hydroxylation is 2. The van der Waals surface area contributed by atoms with Gasteiger partial charge in [0.2, 0.25) is 0 Å². The van der Waals surface area contributed by atoms with Gasteiger partial charge in [-0.05, 0) is 49.9 Å². The molecule has 1 aliphatic rings. The largest absolute Gasteiger partial charge is 0.478 e. The summed E-state index contributed by atoms with van der Waals surface area (Å²) in [4.78, 5) is 25.5. The predicted molar refractivity (Wildman–Crippen MR) is 94.3 cm³/mol. The van der Waals surface area contributed by atoms with E-state index in [4.69, 9.17) is 16.7 Å². The predicted octanol–water partition coefficient (Wildman–Crippen LogP) is 3.33. The van der Waals surface area contributed by atoms with Gasteiger partial charge in [-0.1, -0.05) is 11.6 Å².